The van der Waals surface area contributed by atoms with Gasteiger partial charge in [0.2, 0.25) is 0 Å². The van der Waals surface area contributed by atoms with E-state index in [4.69, 9.17) is 21.1 Å². The summed E-state index contributed by atoms with van der Waals surface area (Å²) in [5.41, 5.74) is 1.43. The molecule has 0 fully saturated rings. The van der Waals surface area contributed by atoms with E-state index < -0.39 is 0 Å². The number of aromatic nitrogens is 2. The van der Waals surface area contributed by atoms with E-state index >= 15 is 0 Å². The third kappa shape index (κ3) is 3.97. The molecule has 0 radical (unpaired) electrons. The quantitative estimate of drug-likeness (QED) is 0.714. The Kier molecular flexibility index (Phi) is 5.43. The molecule has 1 amide bonds. The molecule has 1 aromatic heterocycles. The highest BCUT2D eigenvalue weighted by Crippen LogP contribution is 2.26. The third-order valence-corrected chi connectivity index (χ3v) is 4.13. The molecule has 3 rings (SSSR count). The van der Waals surface area contributed by atoms with Gasteiger partial charge < -0.3 is 14.8 Å². The van der Waals surface area contributed by atoms with E-state index in [0.29, 0.717) is 34.4 Å². The van der Waals surface area contributed by atoms with Crippen molar-refractivity contribution in [2.75, 3.05) is 19.5 Å². The van der Waals surface area contributed by atoms with E-state index in [1.165, 1.54) is 0 Å². The molecule has 0 spiro atoms. The van der Waals surface area contributed by atoms with Gasteiger partial charge in [0.25, 0.3) is 5.91 Å². The molecule has 1 heterocycles. The van der Waals surface area contributed by atoms with Crippen LogP contribution in [0.15, 0.2) is 54.7 Å². The van der Waals surface area contributed by atoms with Crippen molar-refractivity contribution >= 4 is 23.3 Å². The summed E-state index contributed by atoms with van der Waals surface area (Å²) in [5.74, 6) is 1.75. The van der Waals surface area contributed by atoms with Crippen LogP contribution in [0.2, 0.25) is 5.02 Å². The van der Waals surface area contributed by atoms with Crippen molar-refractivity contribution in [1.82, 2.24) is 9.78 Å². The molecule has 0 bridgehead atoms. The average molecular weight is 372 g/mol. The minimum Gasteiger partial charge on any atom is -0.497 e. The lowest BCUT2D eigenvalue weighted by atomic mass is 10.2. The highest BCUT2D eigenvalue weighted by Gasteiger charge is 2.12. The number of benzene rings is 2. The molecule has 2 aromatic carbocycles. The van der Waals surface area contributed by atoms with E-state index in [0.717, 1.165) is 5.56 Å². The first-order valence-corrected chi connectivity index (χ1v) is 8.28. The first kappa shape index (κ1) is 17.8. The van der Waals surface area contributed by atoms with Crippen LogP contribution in [0.4, 0.5) is 5.82 Å². The number of hydrogen-bond acceptors (Lipinski definition) is 4. The second-order valence-electron chi connectivity index (χ2n) is 5.51. The molecule has 0 atom stereocenters. The van der Waals surface area contributed by atoms with E-state index in [2.05, 4.69) is 10.4 Å². The monoisotopic (exact) mass is 371 g/mol. The van der Waals surface area contributed by atoms with Crippen molar-refractivity contribution in [3.63, 3.8) is 0 Å². The van der Waals surface area contributed by atoms with Gasteiger partial charge in [-0.1, -0.05) is 11.6 Å². The van der Waals surface area contributed by atoms with Gasteiger partial charge in [-0.2, -0.15) is 5.10 Å². The van der Waals surface area contributed by atoms with Crippen molar-refractivity contribution in [1.29, 1.82) is 0 Å². The second kappa shape index (κ2) is 7.93. The number of amides is 1. The average Bonchev–Trinajstić information content (AvgIpc) is 3.09. The first-order valence-electron chi connectivity index (χ1n) is 7.90. The minimum absolute atomic E-state index is 0.231. The standard InChI is InChI=1S/C19H18ClN3O3/c1-25-16-8-5-14(17(11-16)26-2)12-23-18(9-10-21-23)22-19(24)13-3-6-15(20)7-4-13/h3-11H,12H2,1-2H3,(H,22,24). The highest BCUT2D eigenvalue weighted by atomic mass is 35.5. The predicted octanol–water partition coefficient (Wildman–Crippen LogP) is 3.85. The van der Waals surface area contributed by atoms with Gasteiger partial charge in [0.05, 0.1) is 27.0 Å². The number of hydrogen-bond donors (Lipinski definition) is 1. The number of nitrogens with one attached hydrogen (secondary N) is 1. The van der Waals surface area contributed by atoms with Crippen LogP contribution in [-0.2, 0) is 6.54 Å². The zero-order valence-electron chi connectivity index (χ0n) is 14.4. The summed E-state index contributed by atoms with van der Waals surface area (Å²) in [6.45, 7) is 0.441. The third-order valence-electron chi connectivity index (χ3n) is 3.88. The molecule has 0 saturated carbocycles. The van der Waals surface area contributed by atoms with Crippen molar-refractivity contribution < 1.29 is 14.3 Å². The maximum Gasteiger partial charge on any atom is 0.256 e. The number of methoxy groups -OCH3 is 2. The summed E-state index contributed by atoms with van der Waals surface area (Å²) >= 11 is 5.86. The molecule has 0 unspecified atom stereocenters. The molecule has 0 aliphatic rings. The van der Waals surface area contributed by atoms with E-state index in [1.807, 2.05) is 18.2 Å². The Morgan fingerprint density at radius 3 is 2.58 bits per heavy atom. The molecule has 7 heteroatoms. The normalized spacial score (nSPS) is 10.4. The fraction of sp³-hybridized carbons (Fsp3) is 0.158. The van der Waals surface area contributed by atoms with Gasteiger partial charge in [0.1, 0.15) is 17.3 Å². The molecule has 26 heavy (non-hydrogen) atoms. The molecular formula is C19H18ClN3O3. The van der Waals surface area contributed by atoms with Crippen molar-refractivity contribution in [2.24, 2.45) is 0 Å². The second-order valence-corrected chi connectivity index (χ2v) is 5.95. The fourth-order valence-corrected chi connectivity index (χ4v) is 2.62. The Hall–Kier alpha value is -2.99. The summed E-state index contributed by atoms with van der Waals surface area (Å²) in [5, 5.41) is 7.73. The van der Waals surface area contributed by atoms with E-state index in [-0.39, 0.29) is 5.91 Å². The molecule has 0 aliphatic carbocycles. The van der Waals surface area contributed by atoms with Crippen LogP contribution < -0.4 is 14.8 Å². The number of carbonyl (C=O) groups is 1. The minimum atomic E-state index is -0.231. The Balaban J connectivity index is 1.79. The number of rotatable bonds is 6. The topological polar surface area (TPSA) is 65.4 Å². The van der Waals surface area contributed by atoms with Crippen LogP contribution in [0.5, 0.6) is 11.5 Å². The Bertz CT molecular complexity index is 907. The summed E-state index contributed by atoms with van der Waals surface area (Å²) in [7, 11) is 3.21. The van der Waals surface area contributed by atoms with Crippen molar-refractivity contribution in [3.05, 3.63) is 70.9 Å². The molecule has 6 nitrogen and oxygen atoms in total. The van der Waals surface area contributed by atoms with Crippen molar-refractivity contribution in [3.8, 4) is 11.5 Å². The van der Waals surface area contributed by atoms with Gasteiger partial charge in [-0.05, 0) is 36.4 Å². The van der Waals surface area contributed by atoms with E-state index in [9.17, 15) is 4.79 Å². The lowest BCUT2D eigenvalue weighted by molar-refractivity contribution is 0.102. The zero-order valence-corrected chi connectivity index (χ0v) is 15.2. The largest absolute Gasteiger partial charge is 0.497 e. The predicted molar refractivity (Wildman–Crippen MR) is 100 cm³/mol. The summed E-state index contributed by atoms with van der Waals surface area (Å²) in [6.07, 6.45) is 1.63. The lowest BCUT2D eigenvalue weighted by Gasteiger charge is -2.13. The van der Waals surface area contributed by atoms with Crippen molar-refractivity contribution in [2.45, 2.75) is 6.54 Å². The molecule has 3 aromatic rings. The number of nitrogens with zero attached hydrogens (tertiary/aromatic N) is 2. The Labute approximate surface area is 156 Å². The number of carbonyl (C=O) groups excluding carboxylic acids is 1. The van der Waals surface area contributed by atoms with Crippen LogP contribution in [0.1, 0.15) is 15.9 Å². The lowest BCUT2D eigenvalue weighted by Crippen LogP contribution is -2.16. The first-order chi connectivity index (χ1) is 12.6. The Morgan fingerprint density at radius 1 is 1.12 bits per heavy atom. The van der Waals surface area contributed by atoms with Gasteiger partial charge in [-0.15, -0.1) is 0 Å². The van der Waals surface area contributed by atoms with Crippen LogP contribution in [0.25, 0.3) is 0 Å². The smallest absolute Gasteiger partial charge is 0.256 e. The van der Waals surface area contributed by atoms with Gasteiger partial charge in [0, 0.05) is 28.3 Å². The number of anilines is 1. The van der Waals surface area contributed by atoms with Gasteiger partial charge in [-0.3, -0.25) is 4.79 Å². The van der Waals surface area contributed by atoms with E-state index in [1.54, 1.807) is 55.4 Å². The summed E-state index contributed by atoms with van der Waals surface area (Å²) < 4.78 is 12.3. The van der Waals surface area contributed by atoms with Gasteiger partial charge in [-0.25, -0.2) is 4.68 Å². The fourth-order valence-electron chi connectivity index (χ4n) is 2.50. The molecule has 134 valence electrons. The molecule has 0 saturated heterocycles. The van der Waals surface area contributed by atoms with Crippen LogP contribution in [-0.4, -0.2) is 29.9 Å². The Morgan fingerprint density at radius 2 is 1.88 bits per heavy atom. The van der Waals surface area contributed by atoms with Gasteiger partial charge >= 0.3 is 0 Å². The maximum absolute atomic E-state index is 12.4. The number of ether oxygens (including phenoxy) is 2. The zero-order chi connectivity index (χ0) is 18.5. The molecular weight excluding hydrogens is 354 g/mol. The highest BCUT2D eigenvalue weighted by molar-refractivity contribution is 6.30. The van der Waals surface area contributed by atoms with Gasteiger partial charge in [0.15, 0.2) is 0 Å². The maximum atomic E-state index is 12.4. The molecule has 0 aliphatic heterocycles. The van der Waals surface area contributed by atoms with Crippen LogP contribution in [0.3, 0.4) is 0 Å². The van der Waals surface area contributed by atoms with Crippen LogP contribution in [0, 0.1) is 0 Å². The summed E-state index contributed by atoms with van der Waals surface area (Å²) in [6, 6.07) is 14.0. The summed E-state index contributed by atoms with van der Waals surface area (Å²) in [4.78, 5) is 12.4. The number of halogens is 1. The SMILES string of the molecule is COc1ccc(Cn2nccc2NC(=O)c2ccc(Cl)cc2)c(OC)c1. The van der Waals surface area contributed by atoms with Crippen LogP contribution >= 0.6 is 11.6 Å². The molecule has 1 N–H and O–H groups in total.